The minimum Gasteiger partial charge on any atom is -0.490 e. The molecule has 0 fully saturated rings. The zero-order chi connectivity index (χ0) is 13.8. The Morgan fingerprint density at radius 2 is 2.16 bits per heavy atom. The minimum absolute atomic E-state index is 0.364. The summed E-state index contributed by atoms with van der Waals surface area (Å²) < 4.78 is 6.09. The van der Waals surface area contributed by atoms with Crippen LogP contribution in [-0.2, 0) is 6.42 Å². The lowest BCUT2D eigenvalue weighted by Crippen LogP contribution is -2.35. The van der Waals surface area contributed by atoms with E-state index in [4.69, 9.17) is 4.74 Å². The number of nitrogens with one attached hydrogen (secondary N) is 1. The fourth-order valence-corrected chi connectivity index (χ4v) is 3.13. The molecule has 2 nitrogen and oxygen atoms in total. The minimum atomic E-state index is 0.364. The molecular formula is C17H27NO. The van der Waals surface area contributed by atoms with Crippen LogP contribution < -0.4 is 10.1 Å². The molecule has 1 aliphatic heterocycles. The van der Waals surface area contributed by atoms with Gasteiger partial charge >= 0.3 is 0 Å². The first-order valence-electron chi connectivity index (χ1n) is 7.63. The quantitative estimate of drug-likeness (QED) is 0.843. The summed E-state index contributed by atoms with van der Waals surface area (Å²) in [5.74, 6) is 1.79. The fourth-order valence-electron chi connectivity index (χ4n) is 3.13. The number of aryl methyl sites for hydroxylation is 1. The standard InChI is InChI=1S/C17H27NO/c1-5-14(13(4)18-6-2)10-16-11-15-9-12(3)7-8-17(15)19-16/h7-9,13-14,16,18H,5-6,10-11H2,1-4H3. The van der Waals surface area contributed by atoms with Gasteiger partial charge < -0.3 is 10.1 Å². The van der Waals surface area contributed by atoms with E-state index in [2.05, 4.69) is 51.2 Å². The van der Waals surface area contributed by atoms with Gasteiger partial charge in [0.2, 0.25) is 0 Å². The molecule has 0 spiro atoms. The molecule has 0 bridgehead atoms. The molecule has 2 rings (SSSR count). The van der Waals surface area contributed by atoms with Gasteiger partial charge in [-0.2, -0.15) is 0 Å². The summed E-state index contributed by atoms with van der Waals surface area (Å²) in [6.07, 6.45) is 3.80. The van der Waals surface area contributed by atoms with Crippen molar-refractivity contribution in [2.75, 3.05) is 6.54 Å². The van der Waals surface area contributed by atoms with Gasteiger partial charge in [0.15, 0.2) is 0 Å². The lowest BCUT2D eigenvalue weighted by molar-refractivity contribution is 0.176. The highest BCUT2D eigenvalue weighted by Gasteiger charge is 2.27. The Balaban J connectivity index is 1.95. The van der Waals surface area contributed by atoms with Gasteiger partial charge in [-0.25, -0.2) is 0 Å². The van der Waals surface area contributed by atoms with Crippen LogP contribution in [0.4, 0.5) is 0 Å². The monoisotopic (exact) mass is 261 g/mol. The third kappa shape index (κ3) is 3.50. The second kappa shape index (κ2) is 6.42. The van der Waals surface area contributed by atoms with E-state index in [0.717, 1.165) is 25.1 Å². The number of hydrogen-bond acceptors (Lipinski definition) is 2. The van der Waals surface area contributed by atoms with Crippen molar-refractivity contribution >= 4 is 0 Å². The lowest BCUT2D eigenvalue weighted by atomic mass is 9.90. The van der Waals surface area contributed by atoms with Crippen LogP contribution in [0.5, 0.6) is 5.75 Å². The molecule has 1 N–H and O–H groups in total. The molecule has 3 atom stereocenters. The third-order valence-electron chi connectivity index (χ3n) is 4.28. The molecule has 1 heterocycles. The van der Waals surface area contributed by atoms with Crippen molar-refractivity contribution in [3.63, 3.8) is 0 Å². The summed E-state index contributed by atoms with van der Waals surface area (Å²) in [7, 11) is 0. The Labute approximate surface area is 117 Å². The number of hydrogen-bond donors (Lipinski definition) is 1. The molecule has 19 heavy (non-hydrogen) atoms. The van der Waals surface area contributed by atoms with Crippen molar-refractivity contribution in [2.24, 2.45) is 5.92 Å². The van der Waals surface area contributed by atoms with Crippen LogP contribution in [0.25, 0.3) is 0 Å². The first-order chi connectivity index (χ1) is 9.13. The van der Waals surface area contributed by atoms with Crippen molar-refractivity contribution in [3.05, 3.63) is 29.3 Å². The Morgan fingerprint density at radius 3 is 2.84 bits per heavy atom. The van der Waals surface area contributed by atoms with Gasteiger partial charge in [0.1, 0.15) is 11.9 Å². The SMILES string of the molecule is CCNC(C)C(CC)CC1Cc2cc(C)ccc2O1. The van der Waals surface area contributed by atoms with Gasteiger partial charge in [-0.1, -0.05) is 38.0 Å². The summed E-state index contributed by atoms with van der Waals surface area (Å²) >= 11 is 0. The van der Waals surface area contributed by atoms with E-state index in [1.165, 1.54) is 17.5 Å². The van der Waals surface area contributed by atoms with E-state index >= 15 is 0 Å². The highest BCUT2D eigenvalue weighted by Crippen LogP contribution is 2.32. The number of ether oxygens (including phenoxy) is 1. The van der Waals surface area contributed by atoms with Crippen molar-refractivity contribution in [1.29, 1.82) is 0 Å². The first kappa shape index (κ1) is 14.4. The lowest BCUT2D eigenvalue weighted by Gasteiger charge is -2.25. The third-order valence-corrected chi connectivity index (χ3v) is 4.28. The average Bonchev–Trinajstić information content (AvgIpc) is 2.77. The fraction of sp³-hybridized carbons (Fsp3) is 0.647. The smallest absolute Gasteiger partial charge is 0.123 e. The molecule has 106 valence electrons. The van der Waals surface area contributed by atoms with Crippen LogP contribution in [0.1, 0.15) is 44.7 Å². The normalized spacial score (nSPS) is 20.7. The van der Waals surface area contributed by atoms with Crippen LogP contribution in [0.3, 0.4) is 0 Å². The van der Waals surface area contributed by atoms with Gasteiger partial charge in [-0.05, 0) is 44.4 Å². The Morgan fingerprint density at radius 1 is 1.37 bits per heavy atom. The number of rotatable bonds is 6. The summed E-state index contributed by atoms with van der Waals surface area (Å²) in [6, 6.07) is 7.10. The Hall–Kier alpha value is -1.02. The van der Waals surface area contributed by atoms with Crippen molar-refractivity contribution in [3.8, 4) is 5.75 Å². The van der Waals surface area contributed by atoms with E-state index in [-0.39, 0.29) is 0 Å². The van der Waals surface area contributed by atoms with Gasteiger partial charge in [-0.3, -0.25) is 0 Å². The molecule has 1 aromatic carbocycles. The van der Waals surface area contributed by atoms with E-state index in [1.54, 1.807) is 0 Å². The highest BCUT2D eigenvalue weighted by molar-refractivity contribution is 5.40. The summed E-state index contributed by atoms with van der Waals surface area (Å²) in [5.41, 5.74) is 2.71. The van der Waals surface area contributed by atoms with Gasteiger partial charge in [-0.15, -0.1) is 0 Å². The summed E-state index contributed by atoms with van der Waals surface area (Å²) in [6.45, 7) is 9.95. The molecule has 0 aromatic heterocycles. The zero-order valence-electron chi connectivity index (χ0n) is 12.7. The van der Waals surface area contributed by atoms with Crippen LogP contribution >= 0.6 is 0 Å². The average molecular weight is 261 g/mol. The molecule has 0 amide bonds. The van der Waals surface area contributed by atoms with Crippen molar-refractivity contribution < 1.29 is 4.74 Å². The van der Waals surface area contributed by atoms with E-state index in [0.29, 0.717) is 18.1 Å². The van der Waals surface area contributed by atoms with Gasteiger partial charge in [0.05, 0.1) is 0 Å². The van der Waals surface area contributed by atoms with Crippen molar-refractivity contribution in [2.45, 2.75) is 59.1 Å². The predicted molar refractivity (Wildman–Crippen MR) is 80.8 cm³/mol. The van der Waals surface area contributed by atoms with E-state index < -0.39 is 0 Å². The maximum absolute atomic E-state index is 6.09. The summed E-state index contributed by atoms with van der Waals surface area (Å²) in [4.78, 5) is 0. The molecule has 0 saturated heterocycles. The van der Waals surface area contributed by atoms with E-state index in [9.17, 15) is 0 Å². The van der Waals surface area contributed by atoms with Crippen LogP contribution in [0.2, 0.25) is 0 Å². The zero-order valence-corrected chi connectivity index (χ0v) is 12.7. The van der Waals surface area contributed by atoms with Gasteiger partial charge in [0.25, 0.3) is 0 Å². The second-order valence-corrected chi connectivity index (χ2v) is 5.81. The van der Waals surface area contributed by atoms with Crippen LogP contribution in [-0.4, -0.2) is 18.7 Å². The maximum Gasteiger partial charge on any atom is 0.123 e. The predicted octanol–water partition coefficient (Wildman–Crippen LogP) is 3.71. The second-order valence-electron chi connectivity index (χ2n) is 5.81. The molecule has 3 unspecified atom stereocenters. The molecule has 1 aliphatic rings. The Bertz CT molecular complexity index is 416. The molecule has 1 aromatic rings. The largest absolute Gasteiger partial charge is 0.490 e. The summed E-state index contributed by atoms with van der Waals surface area (Å²) in [5, 5.41) is 3.55. The van der Waals surface area contributed by atoms with E-state index in [1.807, 2.05) is 0 Å². The van der Waals surface area contributed by atoms with Crippen LogP contribution in [0.15, 0.2) is 18.2 Å². The molecule has 0 aliphatic carbocycles. The topological polar surface area (TPSA) is 21.3 Å². The number of fused-ring (bicyclic) bond motifs is 1. The first-order valence-corrected chi connectivity index (χ1v) is 7.63. The molecule has 0 saturated carbocycles. The molecular weight excluding hydrogens is 234 g/mol. The molecule has 0 radical (unpaired) electrons. The Kier molecular flexibility index (Phi) is 4.87. The van der Waals surface area contributed by atoms with Gasteiger partial charge in [0, 0.05) is 12.5 Å². The number of benzene rings is 1. The highest BCUT2D eigenvalue weighted by atomic mass is 16.5. The van der Waals surface area contributed by atoms with Crippen molar-refractivity contribution in [1.82, 2.24) is 5.32 Å². The van der Waals surface area contributed by atoms with Crippen LogP contribution in [0, 0.1) is 12.8 Å². The maximum atomic E-state index is 6.09. The molecule has 2 heteroatoms.